The molecule has 3 N–H and O–H groups in total. The number of hydrogen-bond donors (Lipinski definition) is 2. The molecule has 0 aliphatic carbocycles. The summed E-state index contributed by atoms with van der Waals surface area (Å²) in [6, 6.07) is 0.471. The van der Waals surface area contributed by atoms with Crippen LogP contribution in [0, 0.1) is 0 Å². The summed E-state index contributed by atoms with van der Waals surface area (Å²) < 4.78 is 0. The number of nitrogens with two attached hydrogens (primary N) is 1. The molecular weight excluding hydrogens is 178 g/mol. The van der Waals surface area contributed by atoms with Gasteiger partial charge >= 0.3 is 6.03 Å². The van der Waals surface area contributed by atoms with Crippen LogP contribution >= 0.6 is 0 Å². The Morgan fingerprint density at radius 1 is 1.57 bits per heavy atom. The van der Waals surface area contributed by atoms with Crippen molar-refractivity contribution >= 4 is 6.03 Å². The van der Waals surface area contributed by atoms with Crippen LogP contribution in [0.4, 0.5) is 4.79 Å². The number of rotatable bonds is 3. The summed E-state index contributed by atoms with van der Waals surface area (Å²) in [5.41, 5.74) is 5.48. The summed E-state index contributed by atoms with van der Waals surface area (Å²) >= 11 is 0. The second-order valence-electron chi connectivity index (χ2n) is 3.83. The fourth-order valence-electron chi connectivity index (χ4n) is 2.07. The topological polar surface area (TPSA) is 58.4 Å². The zero-order valence-electron chi connectivity index (χ0n) is 8.96. The first-order valence-electron chi connectivity index (χ1n) is 5.48. The lowest BCUT2D eigenvalue weighted by atomic mass is 9.98. The third-order valence-electron chi connectivity index (χ3n) is 2.84. The Hall–Kier alpha value is -0.770. The lowest BCUT2D eigenvalue weighted by Crippen LogP contribution is -2.47. The molecule has 1 aliphatic heterocycles. The largest absolute Gasteiger partial charge is 0.341 e. The fraction of sp³-hybridized carbons (Fsp3) is 0.900. The van der Waals surface area contributed by atoms with Crippen LogP contribution in [0.5, 0.6) is 0 Å². The Balaban J connectivity index is 2.45. The molecule has 1 fully saturated rings. The highest BCUT2D eigenvalue weighted by molar-refractivity contribution is 5.74. The van der Waals surface area contributed by atoms with Crippen molar-refractivity contribution in [2.45, 2.75) is 38.1 Å². The number of urea groups is 1. The minimum absolute atomic E-state index is 0.0618. The molecule has 0 radical (unpaired) electrons. The number of carbonyl (C=O) groups is 1. The maximum absolute atomic E-state index is 11.5. The van der Waals surface area contributed by atoms with E-state index in [0.29, 0.717) is 6.04 Å². The standard InChI is InChI=1S/C10H21N3O/c1-12-10(14)13-8-3-2-5-9(13)6-4-7-11/h9H,2-8,11H2,1H3,(H,12,14). The number of likely N-dealkylation sites (tertiary alicyclic amines) is 1. The molecule has 14 heavy (non-hydrogen) atoms. The number of nitrogens with zero attached hydrogens (tertiary/aromatic N) is 1. The van der Waals surface area contributed by atoms with E-state index in [2.05, 4.69) is 5.32 Å². The third kappa shape index (κ3) is 2.87. The van der Waals surface area contributed by atoms with Crippen LogP contribution in [0.2, 0.25) is 0 Å². The van der Waals surface area contributed by atoms with E-state index in [1.165, 1.54) is 6.42 Å². The molecule has 1 atom stereocenters. The van der Waals surface area contributed by atoms with Gasteiger partial charge in [-0.25, -0.2) is 4.79 Å². The molecule has 82 valence electrons. The third-order valence-corrected chi connectivity index (χ3v) is 2.84. The van der Waals surface area contributed by atoms with Gasteiger partial charge in [-0.1, -0.05) is 0 Å². The Kier molecular flexibility index (Phi) is 4.73. The highest BCUT2D eigenvalue weighted by Gasteiger charge is 2.24. The maximum atomic E-state index is 11.5. The molecule has 1 aliphatic rings. The lowest BCUT2D eigenvalue weighted by Gasteiger charge is -2.35. The molecule has 0 spiro atoms. The van der Waals surface area contributed by atoms with Crippen LogP contribution in [0.15, 0.2) is 0 Å². The molecule has 1 heterocycles. The summed E-state index contributed by atoms with van der Waals surface area (Å²) in [4.78, 5) is 13.5. The smallest absolute Gasteiger partial charge is 0.317 e. The van der Waals surface area contributed by atoms with E-state index in [1.807, 2.05) is 4.90 Å². The van der Waals surface area contributed by atoms with Gasteiger partial charge in [-0.2, -0.15) is 0 Å². The van der Waals surface area contributed by atoms with Gasteiger partial charge in [-0.3, -0.25) is 0 Å². The highest BCUT2D eigenvalue weighted by Crippen LogP contribution is 2.20. The lowest BCUT2D eigenvalue weighted by molar-refractivity contribution is 0.147. The van der Waals surface area contributed by atoms with Crippen molar-refractivity contribution in [3.63, 3.8) is 0 Å². The average molecular weight is 199 g/mol. The van der Waals surface area contributed by atoms with E-state index < -0.39 is 0 Å². The minimum Gasteiger partial charge on any atom is -0.341 e. The summed E-state index contributed by atoms with van der Waals surface area (Å²) in [6.07, 6.45) is 5.56. The predicted octanol–water partition coefficient (Wildman–Crippen LogP) is 0.919. The first kappa shape index (κ1) is 11.3. The Morgan fingerprint density at radius 3 is 3.00 bits per heavy atom. The highest BCUT2D eigenvalue weighted by atomic mass is 16.2. The van der Waals surface area contributed by atoms with Gasteiger partial charge in [-0.15, -0.1) is 0 Å². The molecular formula is C10H21N3O. The van der Waals surface area contributed by atoms with E-state index in [1.54, 1.807) is 7.05 Å². The summed E-state index contributed by atoms with van der Waals surface area (Å²) in [5, 5.41) is 2.70. The van der Waals surface area contributed by atoms with Crippen LogP contribution in [0.1, 0.15) is 32.1 Å². The summed E-state index contributed by atoms with van der Waals surface area (Å²) in [6.45, 7) is 1.62. The first-order chi connectivity index (χ1) is 6.79. The second kappa shape index (κ2) is 5.86. The van der Waals surface area contributed by atoms with Crippen molar-refractivity contribution in [2.24, 2.45) is 5.73 Å². The van der Waals surface area contributed by atoms with E-state index >= 15 is 0 Å². The van der Waals surface area contributed by atoms with Crippen LogP contribution in [-0.2, 0) is 0 Å². The van der Waals surface area contributed by atoms with Gasteiger partial charge in [0.1, 0.15) is 0 Å². The van der Waals surface area contributed by atoms with Gasteiger partial charge in [0.15, 0.2) is 0 Å². The number of hydrogen-bond acceptors (Lipinski definition) is 2. The fourth-order valence-corrected chi connectivity index (χ4v) is 2.07. The second-order valence-corrected chi connectivity index (χ2v) is 3.83. The number of nitrogens with one attached hydrogen (secondary N) is 1. The van der Waals surface area contributed by atoms with E-state index in [4.69, 9.17) is 5.73 Å². The molecule has 1 saturated heterocycles. The summed E-state index contributed by atoms with van der Waals surface area (Å²) in [7, 11) is 1.69. The van der Waals surface area contributed by atoms with Gasteiger partial charge in [0.05, 0.1) is 0 Å². The molecule has 0 saturated carbocycles. The molecule has 0 aromatic heterocycles. The van der Waals surface area contributed by atoms with Crippen molar-refractivity contribution in [3.05, 3.63) is 0 Å². The zero-order valence-corrected chi connectivity index (χ0v) is 8.96. The number of carbonyl (C=O) groups excluding carboxylic acids is 1. The monoisotopic (exact) mass is 199 g/mol. The molecule has 4 heteroatoms. The van der Waals surface area contributed by atoms with Crippen LogP contribution in [0.3, 0.4) is 0 Å². The van der Waals surface area contributed by atoms with Gasteiger partial charge in [0.2, 0.25) is 0 Å². The van der Waals surface area contributed by atoms with E-state index in [-0.39, 0.29) is 6.03 Å². The van der Waals surface area contributed by atoms with Crippen molar-refractivity contribution in [3.8, 4) is 0 Å². The van der Waals surface area contributed by atoms with Crippen molar-refractivity contribution < 1.29 is 4.79 Å². The molecule has 0 bridgehead atoms. The van der Waals surface area contributed by atoms with Gasteiger partial charge < -0.3 is 16.0 Å². The average Bonchev–Trinajstić information content (AvgIpc) is 2.25. The Labute approximate surface area is 85.8 Å². The Bertz CT molecular complexity index is 184. The van der Waals surface area contributed by atoms with E-state index in [0.717, 1.165) is 38.8 Å². The number of piperidine rings is 1. The van der Waals surface area contributed by atoms with Gasteiger partial charge in [-0.05, 0) is 38.6 Å². The van der Waals surface area contributed by atoms with Crippen molar-refractivity contribution in [1.82, 2.24) is 10.2 Å². The predicted molar refractivity (Wildman–Crippen MR) is 57.1 cm³/mol. The Morgan fingerprint density at radius 2 is 2.36 bits per heavy atom. The van der Waals surface area contributed by atoms with Crippen molar-refractivity contribution in [2.75, 3.05) is 20.1 Å². The SMILES string of the molecule is CNC(=O)N1CCCCC1CCCN. The molecule has 4 nitrogen and oxygen atoms in total. The molecule has 1 rings (SSSR count). The first-order valence-corrected chi connectivity index (χ1v) is 5.48. The van der Waals surface area contributed by atoms with Crippen molar-refractivity contribution in [1.29, 1.82) is 0 Å². The summed E-state index contributed by atoms with van der Waals surface area (Å²) in [5.74, 6) is 0. The zero-order chi connectivity index (χ0) is 10.4. The normalized spacial score (nSPS) is 22.1. The number of amides is 2. The molecule has 1 unspecified atom stereocenters. The van der Waals surface area contributed by atoms with Crippen LogP contribution in [0.25, 0.3) is 0 Å². The van der Waals surface area contributed by atoms with Gasteiger partial charge in [0, 0.05) is 19.6 Å². The molecule has 2 amide bonds. The van der Waals surface area contributed by atoms with Gasteiger partial charge in [0.25, 0.3) is 0 Å². The maximum Gasteiger partial charge on any atom is 0.317 e. The molecule has 0 aromatic carbocycles. The van der Waals surface area contributed by atoms with Crippen LogP contribution in [-0.4, -0.2) is 37.1 Å². The van der Waals surface area contributed by atoms with Crippen LogP contribution < -0.4 is 11.1 Å². The quantitative estimate of drug-likeness (QED) is 0.710. The van der Waals surface area contributed by atoms with E-state index in [9.17, 15) is 4.79 Å². The molecule has 0 aromatic rings. The minimum atomic E-state index is 0.0618.